The van der Waals surface area contributed by atoms with Gasteiger partial charge in [-0.15, -0.1) is 10.2 Å². The van der Waals surface area contributed by atoms with Crippen LogP contribution in [-0.4, -0.2) is 63.4 Å². The van der Waals surface area contributed by atoms with E-state index < -0.39 is 0 Å². The second-order valence-electron chi connectivity index (χ2n) is 7.31. The smallest absolute Gasteiger partial charge is 0.255 e. The molecule has 0 spiro atoms. The van der Waals surface area contributed by atoms with Gasteiger partial charge in [0.2, 0.25) is 0 Å². The van der Waals surface area contributed by atoms with Gasteiger partial charge in [-0.05, 0) is 6.07 Å². The van der Waals surface area contributed by atoms with Crippen molar-refractivity contribution in [1.82, 2.24) is 24.6 Å². The molecule has 0 atom stereocenters. The molecule has 1 fully saturated rings. The van der Waals surface area contributed by atoms with Crippen LogP contribution in [0.15, 0.2) is 42.6 Å². The molecule has 0 radical (unpaired) electrons. The summed E-state index contributed by atoms with van der Waals surface area (Å²) in [4.78, 5) is 21.0. The zero-order valence-corrected chi connectivity index (χ0v) is 17.1. The van der Waals surface area contributed by atoms with Gasteiger partial charge in [0, 0.05) is 37.9 Å². The molecule has 0 unspecified atom stereocenters. The first kappa shape index (κ1) is 19.0. The van der Waals surface area contributed by atoms with E-state index in [9.17, 15) is 4.79 Å². The first-order valence-electron chi connectivity index (χ1n) is 9.96. The molecule has 1 saturated heterocycles. The first-order chi connectivity index (χ1) is 14.7. The number of fused-ring (bicyclic) bond motifs is 1. The highest BCUT2D eigenvalue weighted by atomic mass is 35.5. The molecule has 1 amide bonds. The fourth-order valence-electron chi connectivity index (χ4n) is 3.87. The van der Waals surface area contributed by atoms with Crippen molar-refractivity contribution >= 4 is 23.3 Å². The van der Waals surface area contributed by atoms with Gasteiger partial charge >= 0.3 is 0 Å². The van der Waals surface area contributed by atoms with Crippen LogP contribution in [0.25, 0.3) is 11.4 Å². The Hall–Kier alpha value is -2.97. The van der Waals surface area contributed by atoms with Gasteiger partial charge < -0.3 is 19.1 Å². The average Bonchev–Trinajstić information content (AvgIpc) is 3.23. The quantitative estimate of drug-likeness (QED) is 0.643. The highest BCUT2D eigenvalue weighted by Gasteiger charge is 2.25. The largest absolute Gasteiger partial charge is 0.378 e. The number of nitrogens with zero attached hydrogens (tertiary/aromatic N) is 6. The molecule has 4 heterocycles. The molecule has 154 valence electrons. The molecule has 8 nitrogen and oxygen atoms in total. The summed E-state index contributed by atoms with van der Waals surface area (Å²) in [5.41, 5.74) is 1.55. The molecule has 2 aliphatic heterocycles. The summed E-state index contributed by atoms with van der Waals surface area (Å²) in [6.45, 7) is 4.32. The number of carbonyl (C=O) groups is 1. The van der Waals surface area contributed by atoms with Crippen LogP contribution >= 0.6 is 11.6 Å². The Balaban J connectivity index is 1.35. The van der Waals surface area contributed by atoms with Crippen LogP contribution in [-0.2, 0) is 17.8 Å². The van der Waals surface area contributed by atoms with Gasteiger partial charge in [0.15, 0.2) is 11.6 Å². The van der Waals surface area contributed by atoms with Crippen molar-refractivity contribution in [3.63, 3.8) is 0 Å². The number of hydrogen-bond acceptors (Lipinski definition) is 6. The van der Waals surface area contributed by atoms with Crippen molar-refractivity contribution in [1.29, 1.82) is 0 Å². The molecule has 0 bridgehead atoms. The second kappa shape index (κ2) is 8.04. The van der Waals surface area contributed by atoms with E-state index in [1.807, 2.05) is 30.3 Å². The molecular weight excluding hydrogens is 404 g/mol. The zero-order valence-electron chi connectivity index (χ0n) is 16.4. The summed E-state index contributed by atoms with van der Waals surface area (Å²) < 4.78 is 7.45. The van der Waals surface area contributed by atoms with E-state index in [0.29, 0.717) is 49.3 Å². The summed E-state index contributed by atoms with van der Waals surface area (Å²) in [5, 5.41) is 9.22. The molecule has 3 aromatic rings. The lowest BCUT2D eigenvalue weighted by Gasteiger charge is -2.30. The van der Waals surface area contributed by atoms with Gasteiger partial charge in [-0.25, -0.2) is 4.98 Å². The minimum absolute atomic E-state index is 0.0647. The minimum Gasteiger partial charge on any atom is -0.378 e. The van der Waals surface area contributed by atoms with Crippen LogP contribution in [0, 0.1) is 0 Å². The predicted molar refractivity (Wildman–Crippen MR) is 112 cm³/mol. The maximum absolute atomic E-state index is 12.7. The van der Waals surface area contributed by atoms with E-state index in [-0.39, 0.29) is 5.91 Å². The third-order valence-corrected chi connectivity index (χ3v) is 5.73. The number of rotatable bonds is 3. The lowest BCUT2D eigenvalue weighted by molar-refractivity contribution is 0.0302. The third-order valence-electron chi connectivity index (χ3n) is 5.45. The highest BCUT2D eigenvalue weighted by Crippen LogP contribution is 2.29. The van der Waals surface area contributed by atoms with E-state index in [1.54, 1.807) is 17.2 Å². The van der Waals surface area contributed by atoms with Crippen LogP contribution in [0.3, 0.4) is 0 Å². The van der Waals surface area contributed by atoms with Crippen molar-refractivity contribution in [2.45, 2.75) is 13.1 Å². The van der Waals surface area contributed by atoms with Gasteiger partial charge in [0.25, 0.3) is 5.91 Å². The van der Waals surface area contributed by atoms with Crippen LogP contribution in [0.1, 0.15) is 16.2 Å². The van der Waals surface area contributed by atoms with Gasteiger partial charge in [0.1, 0.15) is 5.82 Å². The number of aromatic nitrogens is 4. The molecule has 0 N–H and O–H groups in total. The van der Waals surface area contributed by atoms with Gasteiger partial charge in [-0.3, -0.25) is 4.79 Å². The maximum atomic E-state index is 12.7. The number of halogens is 1. The van der Waals surface area contributed by atoms with Crippen molar-refractivity contribution < 1.29 is 9.53 Å². The topological polar surface area (TPSA) is 76.4 Å². The molecular formula is C21H21ClN6O2. The Labute approximate surface area is 179 Å². The number of anilines is 1. The standard InChI is InChI=1S/C21H21ClN6O2/c22-17-12-16(21(29)26-8-10-30-11-9-26)13-23-20(17)27-6-7-28-18(14-27)24-25-19(28)15-4-2-1-3-5-15/h1-5,12-13H,6-11,14H2. The average molecular weight is 425 g/mol. The highest BCUT2D eigenvalue weighted by molar-refractivity contribution is 6.33. The number of hydrogen-bond donors (Lipinski definition) is 0. The first-order valence-corrected chi connectivity index (χ1v) is 10.3. The summed E-state index contributed by atoms with van der Waals surface area (Å²) in [7, 11) is 0. The zero-order chi connectivity index (χ0) is 20.5. The van der Waals surface area contributed by atoms with Crippen molar-refractivity contribution in [3.05, 3.63) is 59.0 Å². The van der Waals surface area contributed by atoms with E-state index in [4.69, 9.17) is 16.3 Å². The Morgan fingerprint density at radius 3 is 2.60 bits per heavy atom. The monoisotopic (exact) mass is 424 g/mol. The number of amides is 1. The summed E-state index contributed by atoms with van der Waals surface area (Å²) in [6.07, 6.45) is 1.60. The normalized spacial score (nSPS) is 16.4. The van der Waals surface area contributed by atoms with Crippen LogP contribution < -0.4 is 4.90 Å². The molecule has 30 heavy (non-hydrogen) atoms. The van der Waals surface area contributed by atoms with Crippen LogP contribution in [0.4, 0.5) is 5.82 Å². The Morgan fingerprint density at radius 1 is 1.03 bits per heavy atom. The fourth-order valence-corrected chi connectivity index (χ4v) is 4.15. The molecule has 2 aliphatic rings. The minimum atomic E-state index is -0.0647. The number of morpholine rings is 1. The van der Waals surface area contributed by atoms with Crippen LogP contribution in [0.2, 0.25) is 5.02 Å². The SMILES string of the molecule is O=C(c1cnc(N2CCn3c(nnc3-c3ccccc3)C2)c(Cl)c1)N1CCOCC1. The molecule has 5 rings (SSSR count). The van der Waals surface area contributed by atoms with E-state index in [1.165, 1.54) is 0 Å². The molecule has 1 aromatic carbocycles. The summed E-state index contributed by atoms with van der Waals surface area (Å²) >= 11 is 6.53. The molecule has 0 aliphatic carbocycles. The Morgan fingerprint density at radius 2 is 1.83 bits per heavy atom. The molecule has 2 aromatic heterocycles. The van der Waals surface area contributed by atoms with Gasteiger partial charge in [-0.1, -0.05) is 41.9 Å². The number of pyridine rings is 1. The maximum Gasteiger partial charge on any atom is 0.255 e. The fraction of sp³-hybridized carbons (Fsp3) is 0.333. The van der Waals surface area contributed by atoms with E-state index >= 15 is 0 Å². The van der Waals surface area contributed by atoms with Crippen molar-refractivity contribution in [3.8, 4) is 11.4 Å². The van der Waals surface area contributed by atoms with Crippen molar-refractivity contribution in [2.75, 3.05) is 37.7 Å². The number of benzene rings is 1. The molecule has 0 saturated carbocycles. The van der Waals surface area contributed by atoms with E-state index in [2.05, 4.69) is 24.6 Å². The lowest BCUT2D eigenvalue weighted by atomic mass is 10.2. The Bertz CT molecular complexity index is 1060. The third kappa shape index (κ3) is 3.53. The van der Waals surface area contributed by atoms with Gasteiger partial charge in [-0.2, -0.15) is 0 Å². The molecule has 9 heteroatoms. The van der Waals surface area contributed by atoms with Gasteiger partial charge in [0.05, 0.1) is 30.3 Å². The predicted octanol–water partition coefficient (Wildman–Crippen LogP) is 2.49. The van der Waals surface area contributed by atoms with Crippen LogP contribution in [0.5, 0.6) is 0 Å². The summed E-state index contributed by atoms with van der Waals surface area (Å²) in [5.74, 6) is 2.33. The number of ether oxygens (including phenoxy) is 1. The Kier molecular flexibility index (Phi) is 5.10. The van der Waals surface area contributed by atoms with Crippen molar-refractivity contribution in [2.24, 2.45) is 0 Å². The second-order valence-corrected chi connectivity index (χ2v) is 7.72. The number of carbonyl (C=O) groups excluding carboxylic acids is 1. The van der Waals surface area contributed by atoms with E-state index in [0.717, 1.165) is 30.3 Å². The summed E-state index contributed by atoms with van der Waals surface area (Å²) in [6, 6.07) is 11.7. The lowest BCUT2D eigenvalue weighted by Crippen LogP contribution is -2.40.